The van der Waals surface area contributed by atoms with Crippen molar-refractivity contribution in [3.05, 3.63) is 18.0 Å². The summed E-state index contributed by atoms with van der Waals surface area (Å²) >= 11 is 0. The average Bonchev–Trinajstić information content (AvgIpc) is 2.97. The minimum atomic E-state index is -3.85. The van der Waals surface area contributed by atoms with Gasteiger partial charge in [-0.3, -0.25) is 4.79 Å². The normalized spacial score (nSPS) is 22.4. The number of hydrogen-bond acceptors (Lipinski definition) is 4. The van der Waals surface area contributed by atoms with Gasteiger partial charge in [-0.25, -0.2) is 8.42 Å². The lowest BCUT2D eigenvalue weighted by atomic mass is 10.1. The lowest BCUT2D eigenvalue weighted by molar-refractivity contribution is 0.0858. The summed E-state index contributed by atoms with van der Waals surface area (Å²) in [6.07, 6.45) is 2.89. The third-order valence-electron chi connectivity index (χ3n) is 3.54. The van der Waals surface area contributed by atoms with E-state index in [1.165, 1.54) is 12.3 Å². The molecule has 0 saturated carbocycles. The summed E-state index contributed by atoms with van der Waals surface area (Å²) in [5.74, 6) is -0.308. The van der Waals surface area contributed by atoms with Crippen LogP contribution in [0, 0.1) is 0 Å². The van der Waals surface area contributed by atoms with Crippen molar-refractivity contribution < 1.29 is 17.9 Å². The molecule has 1 aromatic heterocycles. The molecule has 1 saturated heterocycles. The van der Waals surface area contributed by atoms with Crippen molar-refractivity contribution in [3.8, 4) is 0 Å². The van der Waals surface area contributed by atoms with Crippen molar-refractivity contribution in [1.29, 1.82) is 0 Å². The maximum Gasteiger partial charge on any atom is 0.268 e. The number of carbonyl (C=O) groups is 1. The van der Waals surface area contributed by atoms with Gasteiger partial charge in [0.15, 0.2) is 0 Å². The molecule has 1 aliphatic rings. The second-order valence-electron chi connectivity index (χ2n) is 5.14. The SMILES string of the molecule is CCCn1cc(S(=O)(=O)Cl)cc1C(=O)NC1CCOC1C. The van der Waals surface area contributed by atoms with Gasteiger partial charge in [0.2, 0.25) is 0 Å². The van der Waals surface area contributed by atoms with E-state index in [1.54, 1.807) is 4.57 Å². The van der Waals surface area contributed by atoms with Gasteiger partial charge in [0.05, 0.1) is 12.1 Å². The maximum absolute atomic E-state index is 12.4. The average molecular weight is 335 g/mol. The Morgan fingerprint density at radius 2 is 2.29 bits per heavy atom. The second kappa shape index (κ2) is 6.37. The number of rotatable bonds is 5. The fourth-order valence-corrected chi connectivity index (χ4v) is 3.16. The van der Waals surface area contributed by atoms with Crippen molar-refractivity contribution in [2.75, 3.05) is 6.61 Å². The molecule has 1 aromatic rings. The standard InChI is InChI=1S/C13H19ClN2O4S/c1-3-5-16-8-10(21(14,18)19)7-12(16)13(17)15-11-4-6-20-9(11)2/h7-9,11H,3-6H2,1-2H3,(H,15,17). The zero-order chi connectivity index (χ0) is 15.6. The molecule has 0 spiro atoms. The van der Waals surface area contributed by atoms with Gasteiger partial charge in [-0.05, 0) is 25.8 Å². The van der Waals surface area contributed by atoms with Gasteiger partial charge in [0, 0.05) is 30.0 Å². The fourth-order valence-electron chi connectivity index (χ4n) is 2.40. The highest BCUT2D eigenvalue weighted by Crippen LogP contribution is 2.20. The molecule has 0 aliphatic carbocycles. The van der Waals surface area contributed by atoms with Gasteiger partial charge in [-0.2, -0.15) is 0 Å². The first-order valence-corrected chi connectivity index (χ1v) is 9.21. The van der Waals surface area contributed by atoms with E-state index in [-0.39, 0.29) is 22.9 Å². The van der Waals surface area contributed by atoms with E-state index in [2.05, 4.69) is 5.32 Å². The van der Waals surface area contributed by atoms with Crippen molar-refractivity contribution in [2.45, 2.75) is 50.3 Å². The lowest BCUT2D eigenvalue weighted by Crippen LogP contribution is -2.39. The Hall–Kier alpha value is -1.05. The van der Waals surface area contributed by atoms with Crippen molar-refractivity contribution in [3.63, 3.8) is 0 Å². The molecule has 1 aliphatic heterocycles. The molecule has 2 heterocycles. The lowest BCUT2D eigenvalue weighted by Gasteiger charge is -2.16. The first-order chi connectivity index (χ1) is 9.82. The minimum Gasteiger partial charge on any atom is -0.376 e. The Morgan fingerprint density at radius 3 is 2.81 bits per heavy atom. The van der Waals surface area contributed by atoms with Gasteiger partial charge in [-0.15, -0.1) is 0 Å². The zero-order valence-electron chi connectivity index (χ0n) is 12.0. The summed E-state index contributed by atoms with van der Waals surface area (Å²) in [5, 5.41) is 2.89. The highest BCUT2D eigenvalue weighted by atomic mass is 35.7. The first kappa shape index (κ1) is 16.3. The van der Waals surface area contributed by atoms with Crippen LogP contribution in [0.1, 0.15) is 37.2 Å². The molecule has 1 fully saturated rings. The molecule has 1 amide bonds. The van der Waals surface area contributed by atoms with Crippen LogP contribution in [0.3, 0.4) is 0 Å². The van der Waals surface area contributed by atoms with Crippen molar-refractivity contribution in [2.24, 2.45) is 0 Å². The van der Waals surface area contributed by atoms with Gasteiger partial charge in [0.1, 0.15) is 10.6 Å². The van der Waals surface area contributed by atoms with Crippen LogP contribution in [0.4, 0.5) is 0 Å². The van der Waals surface area contributed by atoms with Crippen LogP contribution in [-0.2, 0) is 20.3 Å². The second-order valence-corrected chi connectivity index (χ2v) is 7.70. The number of amides is 1. The summed E-state index contributed by atoms with van der Waals surface area (Å²) in [7, 11) is 1.50. The first-order valence-electron chi connectivity index (χ1n) is 6.90. The molecule has 8 heteroatoms. The molecule has 118 valence electrons. The predicted molar refractivity (Wildman–Crippen MR) is 79.0 cm³/mol. The van der Waals surface area contributed by atoms with Crippen molar-refractivity contribution >= 4 is 25.6 Å². The molecule has 1 N–H and O–H groups in total. The van der Waals surface area contributed by atoms with Crippen LogP contribution in [0.15, 0.2) is 17.2 Å². The van der Waals surface area contributed by atoms with Crippen LogP contribution < -0.4 is 5.32 Å². The van der Waals surface area contributed by atoms with E-state index in [0.29, 0.717) is 18.8 Å². The van der Waals surface area contributed by atoms with Crippen LogP contribution in [0.25, 0.3) is 0 Å². The summed E-state index contributed by atoms with van der Waals surface area (Å²) in [6.45, 7) is 5.01. The predicted octanol–water partition coefficient (Wildman–Crippen LogP) is 1.73. The van der Waals surface area contributed by atoms with E-state index in [0.717, 1.165) is 12.8 Å². The molecule has 2 rings (SSSR count). The van der Waals surface area contributed by atoms with Crippen LogP contribution >= 0.6 is 10.7 Å². The van der Waals surface area contributed by atoms with Crippen molar-refractivity contribution in [1.82, 2.24) is 9.88 Å². The quantitative estimate of drug-likeness (QED) is 0.832. The number of ether oxygens (including phenoxy) is 1. The molecule has 2 atom stereocenters. The van der Waals surface area contributed by atoms with Crippen LogP contribution in [-0.4, -0.2) is 37.6 Å². The third kappa shape index (κ3) is 3.78. The van der Waals surface area contributed by atoms with Gasteiger partial charge < -0.3 is 14.6 Å². The molecular weight excluding hydrogens is 316 g/mol. The summed E-state index contributed by atoms with van der Waals surface area (Å²) < 4.78 is 29.9. The summed E-state index contributed by atoms with van der Waals surface area (Å²) in [5.41, 5.74) is 0.301. The van der Waals surface area contributed by atoms with Gasteiger partial charge >= 0.3 is 0 Å². The largest absolute Gasteiger partial charge is 0.376 e. The van der Waals surface area contributed by atoms with E-state index in [1.807, 2.05) is 13.8 Å². The monoisotopic (exact) mass is 334 g/mol. The van der Waals surface area contributed by atoms with Gasteiger partial charge in [0.25, 0.3) is 15.0 Å². The molecule has 2 unspecified atom stereocenters. The molecule has 21 heavy (non-hydrogen) atoms. The number of nitrogens with zero attached hydrogens (tertiary/aromatic N) is 1. The number of hydrogen-bond donors (Lipinski definition) is 1. The highest BCUT2D eigenvalue weighted by Gasteiger charge is 2.27. The molecule has 6 nitrogen and oxygen atoms in total. The Labute approximate surface area is 128 Å². The molecular formula is C13H19ClN2O4S. The smallest absolute Gasteiger partial charge is 0.268 e. The molecule has 0 radical (unpaired) electrons. The topological polar surface area (TPSA) is 77.4 Å². The third-order valence-corrected chi connectivity index (χ3v) is 4.86. The Morgan fingerprint density at radius 1 is 1.57 bits per heavy atom. The van der Waals surface area contributed by atoms with E-state index >= 15 is 0 Å². The summed E-state index contributed by atoms with van der Waals surface area (Å²) in [4.78, 5) is 12.3. The summed E-state index contributed by atoms with van der Waals surface area (Å²) in [6, 6.07) is 1.26. The van der Waals surface area contributed by atoms with Crippen LogP contribution in [0.2, 0.25) is 0 Å². The highest BCUT2D eigenvalue weighted by molar-refractivity contribution is 8.13. The van der Waals surface area contributed by atoms with Gasteiger partial charge in [-0.1, -0.05) is 6.92 Å². The van der Waals surface area contributed by atoms with E-state index < -0.39 is 9.05 Å². The Bertz CT molecular complexity index is 626. The van der Waals surface area contributed by atoms with E-state index in [9.17, 15) is 13.2 Å². The number of aryl methyl sites for hydroxylation is 1. The minimum absolute atomic E-state index is 0.0419. The number of nitrogens with one attached hydrogen (secondary N) is 1. The number of halogens is 1. The van der Waals surface area contributed by atoms with Crippen LogP contribution in [0.5, 0.6) is 0 Å². The maximum atomic E-state index is 12.4. The Kier molecular flexibility index (Phi) is 4.95. The number of aromatic nitrogens is 1. The fraction of sp³-hybridized carbons (Fsp3) is 0.615. The van der Waals surface area contributed by atoms with E-state index in [4.69, 9.17) is 15.4 Å². The Balaban J connectivity index is 2.24. The number of carbonyl (C=O) groups excluding carboxylic acids is 1. The molecule has 0 bridgehead atoms. The molecule has 0 aromatic carbocycles. The zero-order valence-corrected chi connectivity index (χ0v) is 13.6.